The Balaban J connectivity index is 1.11. The molecule has 266 valence electrons. The number of aliphatic hydroxyl groups excluding tert-OH is 1. The summed E-state index contributed by atoms with van der Waals surface area (Å²) in [5.74, 6) is 0.562. The van der Waals surface area contributed by atoms with Crippen molar-refractivity contribution in [3.8, 4) is 0 Å². The first-order chi connectivity index (χ1) is 22.4. The predicted octanol–water partition coefficient (Wildman–Crippen LogP) is 6.01. The van der Waals surface area contributed by atoms with E-state index in [-0.39, 0.29) is 51.6 Å². The molecule has 9 heteroatoms. The molecule has 2 heterocycles. The van der Waals surface area contributed by atoms with Gasteiger partial charge in [-0.1, -0.05) is 46.1 Å². The first-order valence-electron chi connectivity index (χ1n) is 18.4. The highest BCUT2D eigenvalue weighted by molar-refractivity contribution is 5.67. The van der Waals surface area contributed by atoms with Gasteiger partial charge in [-0.15, -0.1) is 5.41 Å². The molecule has 1 amide bonds. The summed E-state index contributed by atoms with van der Waals surface area (Å²) >= 11 is 0. The standard InChI is InChI=1S/C39H57N2O7/c1-22-19-25(32(35(5,6)45)46-23(2)42)47-30-29(22)36(7)16-17-39-21-38(39)15-14-28(48-33(44)41-20-24-11-9-10-18-40-24)34(3,4)26(38)12-13-27(39)37(36,8)31(30)43/h9-11,18,22,25-32,43,45H,8,12-17,19-21H2,1-7H3,(H,41,44)/q-1. The lowest BCUT2D eigenvalue weighted by Crippen LogP contribution is -2.60. The molecular formula is C39H57N2O7-. The maximum atomic E-state index is 13.0. The Hall–Kier alpha value is -2.23. The molecule has 6 aliphatic rings. The van der Waals surface area contributed by atoms with Crippen molar-refractivity contribution in [3.05, 3.63) is 37.0 Å². The minimum Gasteiger partial charge on any atom is -0.457 e. The number of aromatic nitrogens is 1. The smallest absolute Gasteiger partial charge is 0.407 e. The quantitative estimate of drug-likeness (QED) is 0.249. The van der Waals surface area contributed by atoms with E-state index in [9.17, 15) is 19.8 Å². The maximum Gasteiger partial charge on any atom is 0.407 e. The Labute approximate surface area is 286 Å². The number of alkyl carbamates (subject to hydrolysis) is 1. The van der Waals surface area contributed by atoms with Crippen molar-refractivity contribution in [1.82, 2.24) is 10.3 Å². The fourth-order valence-corrected chi connectivity index (χ4v) is 13.2. The van der Waals surface area contributed by atoms with Gasteiger partial charge in [0.25, 0.3) is 0 Å². The van der Waals surface area contributed by atoms with Crippen LogP contribution in [0.15, 0.2) is 24.4 Å². The molecule has 1 saturated heterocycles. The Morgan fingerprint density at radius 3 is 2.50 bits per heavy atom. The molecule has 7 rings (SSSR count). The summed E-state index contributed by atoms with van der Waals surface area (Å²) in [6.45, 7) is 19.2. The number of esters is 1. The Kier molecular flexibility index (Phi) is 7.94. The molecule has 5 saturated carbocycles. The van der Waals surface area contributed by atoms with Crippen molar-refractivity contribution in [2.24, 2.45) is 50.7 Å². The first kappa shape index (κ1) is 34.2. The van der Waals surface area contributed by atoms with E-state index in [0.717, 1.165) is 50.6 Å². The predicted molar refractivity (Wildman–Crippen MR) is 179 cm³/mol. The van der Waals surface area contributed by atoms with Gasteiger partial charge in [0.05, 0.1) is 36.2 Å². The number of carbonyl (C=O) groups is 2. The Morgan fingerprint density at radius 2 is 1.83 bits per heavy atom. The van der Waals surface area contributed by atoms with Crippen molar-refractivity contribution in [3.63, 3.8) is 0 Å². The van der Waals surface area contributed by atoms with Gasteiger partial charge in [0.2, 0.25) is 0 Å². The van der Waals surface area contributed by atoms with Crippen LogP contribution in [0.2, 0.25) is 0 Å². The summed E-state index contributed by atoms with van der Waals surface area (Å²) in [4.78, 5) is 29.3. The normalized spacial score (nSPS) is 46.0. The molecule has 13 unspecified atom stereocenters. The highest BCUT2D eigenvalue weighted by atomic mass is 16.6. The van der Waals surface area contributed by atoms with E-state index in [2.05, 4.69) is 38.0 Å². The van der Waals surface area contributed by atoms with Crippen LogP contribution in [0.4, 0.5) is 4.79 Å². The van der Waals surface area contributed by atoms with Crippen molar-refractivity contribution >= 4 is 12.1 Å². The summed E-state index contributed by atoms with van der Waals surface area (Å²) in [5.41, 5.74) is -1.17. The molecule has 0 radical (unpaired) electrons. The topological polar surface area (TPSA) is 127 Å². The summed E-state index contributed by atoms with van der Waals surface area (Å²) in [7, 11) is 0. The highest BCUT2D eigenvalue weighted by Gasteiger charge is 2.83. The van der Waals surface area contributed by atoms with Crippen LogP contribution in [-0.2, 0) is 25.5 Å². The molecule has 6 fully saturated rings. The van der Waals surface area contributed by atoms with Crippen LogP contribution in [0, 0.1) is 57.7 Å². The fraction of sp³-hybridized carbons (Fsp3) is 0.795. The van der Waals surface area contributed by atoms with Gasteiger partial charge in [-0.2, -0.15) is 0 Å². The Bertz CT molecular complexity index is 1430. The van der Waals surface area contributed by atoms with Crippen LogP contribution in [0.25, 0.3) is 0 Å². The number of rotatable bonds is 6. The van der Waals surface area contributed by atoms with Crippen LogP contribution in [0.3, 0.4) is 0 Å². The number of carbonyl (C=O) groups excluding carboxylic acids is 2. The van der Waals surface area contributed by atoms with E-state index in [1.165, 1.54) is 6.92 Å². The van der Waals surface area contributed by atoms with Gasteiger partial charge in [0.15, 0.2) is 6.10 Å². The molecule has 13 atom stereocenters. The number of amides is 1. The number of hydrogen-bond acceptors (Lipinski definition) is 8. The summed E-state index contributed by atoms with van der Waals surface area (Å²) < 4.78 is 18.6. The molecule has 0 aromatic carbocycles. The molecule has 3 N–H and O–H groups in total. The molecule has 2 spiro atoms. The molecule has 9 nitrogen and oxygen atoms in total. The second kappa shape index (κ2) is 11.1. The zero-order valence-corrected chi connectivity index (χ0v) is 30.0. The minimum absolute atomic E-state index is 0.116. The van der Waals surface area contributed by atoms with E-state index < -0.39 is 41.4 Å². The maximum absolute atomic E-state index is 13.0. The van der Waals surface area contributed by atoms with Gasteiger partial charge < -0.3 is 36.7 Å². The lowest BCUT2D eigenvalue weighted by molar-refractivity contribution is -0.216. The monoisotopic (exact) mass is 665 g/mol. The fourth-order valence-electron chi connectivity index (χ4n) is 13.2. The van der Waals surface area contributed by atoms with Gasteiger partial charge in [-0.25, -0.2) is 4.79 Å². The zero-order chi connectivity index (χ0) is 34.7. The molecule has 48 heavy (non-hydrogen) atoms. The second-order valence-corrected chi connectivity index (χ2v) is 18.1. The lowest BCUT2D eigenvalue weighted by Gasteiger charge is -2.67. The summed E-state index contributed by atoms with van der Waals surface area (Å²) in [6.07, 6.45) is 6.42. The number of nitrogens with one attached hydrogen (secondary N) is 1. The van der Waals surface area contributed by atoms with Gasteiger partial charge in [0, 0.05) is 18.5 Å². The Morgan fingerprint density at radius 1 is 1.12 bits per heavy atom. The van der Waals surface area contributed by atoms with E-state index in [1.807, 2.05) is 18.2 Å². The number of aliphatic hydroxyl groups is 2. The van der Waals surface area contributed by atoms with E-state index in [1.54, 1.807) is 20.0 Å². The molecular weight excluding hydrogens is 608 g/mol. The van der Waals surface area contributed by atoms with Crippen LogP contribution < -0.4 is 5.32 Å². The van der Waals surface area contributed by atoms with E-state index in [4.69, 9.17) is 21.1 Å². The van der Waals surface area contributed by atoms with Crippen molar-refractivity contribution in [2.45, 2.75) is 142 Å². The molecule has 1 aliphatic heterocycles. The second-order valence-electron chi connectivity index (χ2n) is 18.1. The third-order valence-corrected chi connectivity index (χ3v) is 15.1. The summed E-state index contributed by atoms with van der Waals surface area (Å²) in [5, 5.41) is 26.4. The number of ether oxygens (including phenoxy) is 3. The van der Waals surface area contributed by atoms with Gasteiger partial charge in [-0.05, 0) is 105 Å². The number of nitrogens with zero attached hydrogens (tertiary/aromatic N) is 1. The highest BCUT2D eigenvalue weighted by Crippen LogP contribution is 2.89. The van der Waals surface area contributed by atoms with Gasteiger partial charge in [0.1, 0.15) is 6.10 Å². The van der Waals surface area contributed by atoms with Crippen LogP contribution in [0.5, 0.6) is 0 Å². The molecule has 5 aliphatic carbocycles. The molecule has 1 aromatic heterocycles. The third kappa shape index (κ3) is 4.68. The average Bonchev–Trinajstić information content (AvgIpc) is 3.65. The minimum atomic E-state index is -1.29. The zero-order valence-electron chi connectivity index (χ0n) is 30.0. The summed E-state index contributed by atoms with van der Waals surface area (Å²) in [6, 6.07) is 5.66. The van der Waals surface area contributed by atoms with Gasteiger partial charge >= 0.3 is 12.1 Å². The van der Waals surface area contributed by atoms with Crippen LogP contribution >= 0.6 is 0 Å². The SMILES string of the molecule is [CH2-]C12C(O)C3OC(C(OC(C)=O)C(C)(C)O)CC(C)C3C1(C)CCC13CC14CCC(OC(=O)NCc1ccccn1)C(C)(C)C4CCC32. The van der Waals surface area contributed by atoms with Crippen LogP contribution in [-0.4, -0.2) is 63.4 Å². The van der Waals surface area contributed by atoms with E-state index in [0.29, 0.717) is 18.9 Å². The molecule has 0 bridgehead atoms. The number of hydrogen-bond donors (Lipinski definition) is 3. The average molecular weight is 666 g/mol. The third-order valence-electron chi connectivity index (χ3n) is 15.1. The van der Waals surface area contributed by atoms with Crippen LogP contribution in [0.1, 0.15) is 106 Å². The van der Waals surface area contributed by atoms with E-state index >= 15 is 0 Å². The lowest BCUT2D eigenvalue weighted by atomic mass is 9.41. The largest absolute Gasteiger partial charge is 0.457 e. The first-order valence-corrected chi connectivity index (χ1v) is 18.4. The van der Waals surface area contributed by atoms with Crippen molar-refractivity contribution in [1.29, 1.82) is 0 Å². The van der Waals surface area contributed by atoms with Gasteiger partial charge in [-0.3, -0.25) is 9.78 Å². The van der Waals surface area contributed by atoms with Crippen molar-refractivity contribution < 1.29 is 34.0 Å². The van der Waals surface area contributed by atoms with Crippen molar-refractivity contribution in [2.75, 3.05) is 0 Å². The molecule has 1 aromatic rings. The number of pyridine rings is 1. The number of fused-ring (bicyclic) bond motifs is 4.